The second kappa shape index (κ2) is 7.16. The van der Waals surface area contributed by atoms with Crippen LogP contribution >= 0.6 is 15.9 Å². The molecule has 0 amide bonds. The molecule has 3 atom stereocenters. The Morgan fingerprint density at radius 1 is 1.24 bits per heavy atom. The summed E-state index contributed by atoms with van der Waals surface area (Å²) < 4.78 is 17.5. The lowest BCUT2D eigenvalue weighted by molar-refractivity contribution is -0.146. The first kappa shape index (κ1) is 17.2. The summed E-state index contributed by atoms with van der Waals surface area (Å²) in [7, 11) is 1.49. The highest BCUT2D eigenvalue weighted by molar-refractivity contribution is 9.10. The second-order valence-electron chi connectivity index (χ2n) is 7.15. The number of hydrogen-bond acceptors (Lipinski definition) is 5. The molecule has 0 spiro atoms. The molecule has 1 aliphatic carbocycles. The first-order valence-electron chi connectivity index (χ1n) is 9.09. The number of rotatable bonds is 3. The normalized spacial score (nSPS) is 28.5. The van der Waals surface area contributed by atoms with E-state index in [4.69, 9.17) is 14.2 Å². The van der Waals surface area contributed by atoms with Gasteiger partial charge >= 0.3 is 5.97 Å². The number of esters is 1. The van der Waals surface area contributed by atoms with Gasteiger partial charge < -0.3 is 14.2 Å². The van der Waals surface area contributed by atoms with Crippen LogP contribution in [-0.2, 0) is 16.1 Å². The van der Waals surface area contributed by atoms with Crippen LogP contribution in [0.1, 0.15) is 37.7 Å². The lowest BCUT2D eigenvalue weighted by atomic mass is 9.84. The first-order chi connectivity index (χ1) is 12.2. The van der Waals surface area contributed by atoms with Crippen molar-refractivity contribution < 1.29 is 19.0 Å². The number of nitrogens with zero attached hydrogens (tertiary/aromatic N) is 1. The van der Waals surface area contributed by atoms with Crippen LogP contribution < -0.4 is 9.47 Å². The molecule has 2 aliphatic heterocycles. The number of benzene rings is 1. The highest BCUT2D eigenvalue weighted by atomic mass is 79.9. The fourth-order valence-corrected chi connectivity index (χ4v) is 5.02. The molecule has 3 unspecified atom stereocenters. The zero-order valence-electron chi connectivity index (χ0n) is 14.5. The average molecular weight is 410 g/mol. The minimum atomic E-state index is -0.141. The third-order valence-electron chi connectivity index (χ3n) is 5.76. The van der Waals surface area contributed by atoms with Gasteiger partial charge in [0.25, 0.3) is 0 Å². The van der Waals surface area contributed by atoms with Crippen LogP contribution in [0.4, 0.5) is 0 Å². The van der Waals surface area contributed by atoms with Gasteiger partial charge in [-0.1, -0.05) is 28.8 Å². The van der Waals surface area contributed by atoms with E-state index in [0.717, 1.165) is 34.5 Å². The van der Waals surface area contributed by atoms with Gasteiger partial charge in [0.1, 0.15) is 19.3 Å². The quantitative estimate of drug-likeness (QED) is 0.714. The Morgan fingerprint density at radius 2 is 1.96 bits per heavy atom. The number of carbonyl (C=O) groups is 1. The lowest BCUT2D eigenvalue weighted by Gasteiger charge is -2.33. The molecule has 1 aromatic carbocycles. The Kier molecular flexibility index (Phi) is 4.91. The number of halogens is 1. The van der Waals surface area contributed by atoms with Crippen LogP contribution in [0, 0.1) is 5.92 Å². The van der Waals surface area contributed by atoms with Gasteiger partial charge in [0.15, 0.2) is 11.5 Å². The number of carbonyl (C=O) groups excluding carboxylic acids is 1. The largest absolute Gasteiger partial charge is 0.486 e. The second-order valence-corrected chi connectivity index (χ2v) is 8.00. The van der Waals surface area contributed by atoms with Gasteiger partial charge in [-0.3, -0.25) is 9.69 Å². The molecule has 6 heteroatoms. The van der Waals surface area contributed by atoms with Crippen molar-refractivity contribution in [2.45, 2.75) is 50.7 Å². The van der Waals surface area contributed by atoms with E-state index < -0.39 is 0 Å². The van der Waals surface area contributed by atoms with Crippen LogP contribution in [0.5, 0.6) is 11.5 Å². The molecule has 0 bridgehead atoms. The molecular weight excluding hydrogens is 386 g/mol. The van der Waals surface area contributed by atoms with Crippen molar-refractivity contribution >= 4 is 21.9 Å². The van der Waals surface area contributed by atoms with Crippen molar-refractivity contribution in [3.05, 3.63) is 22.2 Å². The molecule has 25 heavy (non-hydrogen) atoms. The maximum atomic E-state index is 12.4. The summed E-state index contributed by atoms with van der Waals surface area (Å²) in [6, 6.07) is 4.35. The molecule has 1 saturated heterocycles. The molecule has 0 radical (unpaired) electrons. The van der Waals surface area contributed by atoms with Gasteiger partial charge in [-0.15, -0.1) is 0 Å². The SMILES string of the molecule is COC(=O)C1CC2CCCCC2N1Cc1cc2c(cc1Br)OCCO2. The summed E-state index contributed by atoms with van der Waals surface area (Å²) in [5.41, 5.74) is 1.13. The number of likely N-dealkylation sites (tertiary alicyclic amines) is 1. The minimum absolute atomic E-state index is 0.108. The van der Waals surface area contributed by atoms with E-state index in [1.54, 1.807) is 0 Å². The zero-order valence-corrected chi connectivity index (χ0v) is 16.1. The van der Waals surface area contributed by atoms with Gasteiger partial charge in [-0.05, 0) is 42.9 Å². The summed E-state index contributed by atoms with van der Waals surface area (Å²) in [4.78, 5) is 14.7. The highest BCUT2D eigenvalue weighted by Crippen LogP contribution is 2.42. The van der Waals surface area contributed by atoms with Crippen LogP contribution in [0.15, 0.2) is 16.6 Å². The van der Waals surface area contributed by atoms with E-state index in [1.807, 2.05) is 12.1 Å². The van der Waals surface area contributed by atoms with Crippen LogP contribution in [0.25, 0.3) is 0 Å². The zero-order chi connectivity index (χ0) is 17.4. The molecule has 0 N–H and O–H groups in total. The van der Waals surface area contributed by atoms with Crippen LogP contribution in [-0.4, -0.2) is 43.3 Å². The highest BCUT2D eigenvalue weighted by Gasteiger charge is 2.45. The lowest BCUT2D eigenvalue weighted by Crippen LogP contribution is -2.42. The molecular formula is C19H24BrNO4. The van der Waals surface area contributed by atoms with E-state index in [9.17, 15) is 4.79 Å². The number of fused-ring (bicyclic) bond motifs is 2. The molecule has 1 aromatic rings. The van der Waals surface area contributed by atoms with Crippen molar-refractivity contribution in [3.63, 3.8) is 0 Å². The summed E-state index contributed by atoms with van der Waals surface area (Å²) in [5, 5.41) is 0. The Labute approximate surface area is 156 Å². The molecule has 1 saturated carbocycles. The number of hydrogen-bond donors (Lipinski definition) is 0. The van der Waals surface area contributed by atoms with Crippen molar-refractivity contribution in [1.82, 2.24) is 4.90 Å². The van der Waals surface area contributed by atoms with E-state index in [2.05, 4.69) is 20.8 Å². The van der Waals surface area contributed by atoms with E-state index in [-0.39, 0.29) is 12.0 Å². The van der Waals surface area contributed by atoms with Crippen molar-refractivity contribution in [3.8, 4) is 11.5 Å². The third-order valence-corrected chi connectivity index (χ3v) is 6.50. The predicted octanol–water partition coefficient (Wildman–Crippen LogP) is 3.53. The fraction of sp³-hybridized carbons (Fsp3) is 0.632. The van der Waals surface area contributed by atoms with Crippen molar-refractivity contribution in [2.24, 2.45) is 5.92 Å². The number of methoxy groups -OCH3 is 1. The Morgan fingerprint density at radius 3 is 2.72 bits per heavy atom. The predicted molar refractivity (Wildman–Crippen MR) is 96.8 cm³/mol. The Bertz CT molecular complexity index is 665. The van der Waals surface area contributed by atoms with Gasteiger partial charge in [0, 0.05) is 17.1 Å². The maximum Gasteiger partial charge on any atom is 0.323 e. The van der Waals surface area contributed by atoms with Crippen molar-refractivity contribution in [1.29, 1.82) is 0 Å². The third kappa shape index (κ3) is 3.26. The van der Waals surface area contributed by atoms with Gasteiger partial charge in [-0.2, -0.15) is 0 Å². The topological polar surface area (TPSA) is 48.0 Å². The summed E-state index contributed by atoms with van der Waals surface area (Å²) in [6.45, 7) is 1.88. The molecule has 5 nitrogen and oxygen atoms in total. The van der Waals surface area contributed by atoms with Crippen molar-refractivity contribution in [2.75, 3.05) is 20.3 Å². The standard InChI is InChI=1S/C19H24BrNO4/c1-23-19(22)16-8-12-4-2-3-5-15(12)21(16)11-13-9-17-18(10-14(13)20)25-7-6-24-17/h9-10,12,15-16H,2-8,11H2,1H3. The van der Waals surface area contributed by atoms with E-state index in [0.29, 0.717) is 25.2 Å². The molecule has 136 valence electrons. The Hall–Kier alpha value is -1.27. The Balaban J connectivity index is 1.61. The average Bonchev–Trinajstić information content (AvgIpc) is 3.00. The molecule has 4 rings (SSSR count). The summed E-state index contributed by atoms with van der Waals surface area (Å²) >= 11 is 3.67. The fourth-order valence-electron chi connectivity index (χ4n) is 4.57. The minimum Gasteiger partial charge on any atom is -0.486 e. The monoisotopic (exact) mass is 409 g/mol. The molecule has 3 aliphatic rings. The van der Waals surface area contributed by atoms with Crippen LogP contribution in [0.2, 0.25) is 0 Å². The van der Waals surface area contributed by atoms with Crippen LogP contribution in [0.3, 0.4) is 0 Å². The van der Waals surface area contributed by atoms with Gasteiger partial charge in [0.2, 0.25) is 0 Å². The first-order valence-corrected chi connectivity index (χ1v) is 9.88. The molecule has 2 fully saturated rings. The summed E-state index contributed by atoms with van der Waals surface area (Å²) in [5.74, 6) is 2.07. The molecule has 2 heterocycles. The van der Waals surface area contributed by atoms with Gasteiger partial charge in [0.05, 0.1) is 7.11 Å². The summed E-state index contributed by atoms with van der Waals surface area (Å²) in [6.07, 6.45) is 5.82. The number of ether oxygens (including phenoxy) is 3. The smallest absolute Gasteiger partial charge is 0.323 e. The van der Waals surface area contributed by atoms with E-state index in [1.165, 1.54) is 32.8 Å². The van der Waals surface area contributed by atoms with Gasteiger partial charge in [-0.25, -0.2) is 0 Å². The molecule has 0 aromatic heterocycles. The maximum absolute atomic E-state index is 12.4. The van der Waals surface area contributed by atoms with E-state index >= 15 is 0 Å².